The number of hydrogen-bond donors (Lipinski definition) is 0. The van der Waals surface area contributed by atoms with Gasteiger partial charge in [-0.1, -0.05) is 0 Å². The molecule has 0 unspecified atom stereocenters. The number of halogens is 2. The van der Waals surface area contributed by atoms with Gasteiger partial charge in [0.25, 0.3) is 0 Å². The fourth-order valence-electron chi connectivity index (χ4n) is 0. The van der Waals surface area contributed by atoms with E-state index in [4.69, 9.17) is 0 Å². The van der Waals surface area contributed by atoms with Crippen molar-refractivity contribution in [1.82, 2.24) is 0 Å². The summed E-state index contributed by atoms with van der Waals surface area (Å²) in [5.41, 5.74) is 0. The van der Waals surface area contributed by atoms with Crippen LogP contribution >= 0.6 is 0 Å². The Morgan fingerprint density at radius 3 is 0.750 bits per heavy atom. The SMILES string of the molecule is [Cl-].[Cl-].[Cr].[Sn+2]. The molecule has 0 spiro atoms. The minimum Gasteiger partial charge on any atom is -1.00 e. The van der Waals surface area contributed by atoms with Crippen LogP contribution < -0.4 is 24.8 Å². The molecule has 0 fully saturated rings. The van der Waals surface area contributed by atoms with E-state index in [0.717, 1.165) is 0 Å². The maximum absolute atomic E-state index is 0. The van der Waals surface area contributed by atoms with Gasteiger partial charge < -0.3 is 24.8 Å². The Morgan fingerprint density at radius 2 is 0.750 bits per heavy atom. The molecular weight excluding hydrogens is 242 g/mol. The summed E-state index contributed by atoms with van der Waals surface area (Å²) in [7, 11) is 0. The van der Waals surface area contributed by atoms with Crippen molar-refractivity contribution < 1.29 is 42.2 Å². The molecule has 0 amide bonds. The zero-order valence-electron chi connectivity index (χ0n) is 1.66. The third-order valence-corrected chi connectivity index (χ3v) is 0. The van der Waals surface area contributed by atoms with E-state index in [0.29, 0.717) is 0 Å². The molecule has 0 rings (SSSR count). The monoisotopic (exact) mass is 242 g/mol. The van der Waals surface area contributed by atoms with Crippen LogP contribution in [0.3, 0.4) is 0 Å². The van der Waals surface area contributed by atoms with Crippen LogP contribution in [-0.2, 0) is 17.4 Å². The smallest absolute Gasteiger partial charge is 1.00 e. The molecule has 0 aliphatic carbocycles. The predicted molar refractivity (Wildman–Crippen MR) is 5.75 cm³/mol. The molecule has 24 valence electrons. The Balaban J connectivity index is 0. The van der Waals surface area contributed by atoms with Gasteiger partial charge >= 0.3 is 23.9 Å². The van der Waals surface area contributed by atoms with E-state index < -0.39 is 0 Å². The van der Waals surface area contributed by atoms with Crippen LogP contribution in [0.4, 0.5) is 0 Å². The second-order valence-electron chi connectivity index (χ2n) is 0. The van der Waals surface area contributed by atoms with E-state index in [2.05, 4.69) is 0 Å². The Bertz CT molecular complexity index is 6.00. The minimum atomic E-state index is 0. The van der Waals surface area contributed by atoms with Gasteiger partial charge in [0.15, 0.2) is 0 Å². The minimum absolute atomic E-state index is 0. The second-order valence-corrected chi connectivity index (χ2v) is 0. The Labute approximate surface area is 65.6 Å². The van der Waals surface area contributed by atoms with Gasteiger partial charge in [-0.25, -0.2) is 0 Å². The summed E-state index contributed by atoms with van der Waals surface area (Å²) >= 11 is 0. The maximum atomic E-state index is 0. The first-order valence-electron chi connectivity index (χ1n) is 0. The molecule has 0 aliphatic rings. The van der Waals surface area contributed by atoms with Gasteiger partial charge in [-0.15, -0.1) is 0 Å². The van der Waals surface area contributed by atoms with Gasteiger partial charge in [-0.2, -0.15) is 0 Å². The first kappa shape index (κ1) is 39.0. The standard InChI is InChI=1S/2ClH.Cr.Sn/h2*1H;;/q;;;+2/p-2. The summed E-state index contributed by atoms with van der Waals surface area (Å²) in [5, 5.41) is 0. The molecule has 0 aromatic heterocycles. The Kier molecular flexibility index (Phi) is 201. The molecular formula is Cl2CrSn. The maximum Gasteiger partial charge on any atom is 2.00 e. The van der Waals surface area contributed by atoms with E-state index >= 15 is 0 Å². The van der Waals surface area contributed by atoms with Crippen molar-refractivity contribution in [2.45, 2.75) is 0 Å². The first-order chi connectivity index (χ1) is 0. The summed E-state index contributed by atoms with van der Waals surface area (Å²) in [6.45, 7) is 0. The average Bonchev–Trinajstić information content (AvgIpc) is 0. The molecule has 4 heteroatoms. The molecule has 4 heavy (non-hydrogen) atoms. The summed E-state index contributed by atoms with van der Waals surface area (Å²) < 4.78 is 0. The van der Waals surface area contributed by atoms with E-state index in [1.165, 1.54) is 0 Å². The van der Waals surface area contributed by atoms with Crippen molar-refractivity contribution in [2.24, 2.45) is 0 Å². The quantitative estimate of drug-likeness (QED) is 0.370. The topological polar surface area (TPSA) is 0 Å². The summed E-state index contributed by atoms with van der Waals surface area (Å²) in [5.74, 6) is 0. The summed E-state index contributed by atoms with van der Waals surface area (Å²) in [4.78, 5) is 0. The van der Waals surface area contributed by atoms with Gasteiger partial charge in [0.1, 0.15) is 0 Å². The molecule has 0 saturated heterocycles. The molecule has 0 aromatic carbocycles. The van der Waals surface area contributed by atoms with Crippen LogP contribution in [0.5, 0.6) is 0 Å². The van der Waals surface area contributed by atoms with Gasteiger partial charge in [0.2, 0.25) is 0 Å². The van der Waals surface area contributed by atoms with E-state index in [1.54, 1.807) is 0 Å². The zero-order chi connectivity index (χ0) is 0. The Morgan fingerprint density at radius 1 is 0.750 bits per heavy atom. The normalized spacial score (nSPS) is 0. The molecule has 2 radical (unpaired) electrons. The predicted octanol–water partition coefficient (Wildman–Crippen LogP) is -6.38. The fourth-order valence-corrected chi connectivity index (χ4v) is 0. The van der Waals surface area contributed by atoms with Gasteiger partial charge in [-0.3, -0.25) is 0 Å². The molecule has 0 heterocycles. The fraction of sp³-hybridized carbons (Fsp3) is 0. The third-order valence-electron chi connectivity index (χ3n) is 0. The van der Waals surface area contributed by atoms with E-state index in [-0.39, 0.29) is 66.1 Å². The summed E-state index contributed by atoms with van der Waals surface area (Å²) in [6, 6.07) is 0. The molecule has 0 bridgehead atoms. The van der Waals surface area contributed by atoms with Crippen LogP contribution in [0, 0.1) is 0 Å². The van der Waals surface area contributed by atoms with E-state index in [9.17, 15) is 0 Å². The van der Waals surface area contributed by atoms with Crippen molar-refractivity contribution in [3.8, 4) is 0 Å². The van der Waals surface area contributed by atoms with Crippen molar-refractivity contribution >= 4 is 23.9 Å². The molecule has 0 aliphatic heterocycles. The van der Waals surface area contributed by atoms with Gasteiger partial charge in [-0.05, 0) is 0 Å². The molecule has 0 saturated carbocycles. The third kappa shape index (κ3) is 9.07. The van der Waals surface area contributed by atoms with Gasteiger partial charge in [0, 0.05) is 17.4 Å². The van der Waals surface area contributed by atoms with Crippen molar-refractivity contribution in [3.05, 3.63) is 0 Å². The molecule has 0 N–H and O–H groups in total. The van der Waals surface area contributed by atoms with Crippen molar-refractivity contribution in [1.29, 1.82) is 0 Å². The van der Waals surface area contributed by atoms with Crippen LogP contribution in [0.1, 0.15) is 0 Å². The second kappa shape index (κ2) is 20.6. The average molecular weight is 242 g/mol. The summed E-state index contributed by atoms with van der Waals surface area (Å²) in [6.07, 6.45) is 0. The van der Waals surface area contributed by atoms with E-state index in [1.807, 2.05) is 0 Å². The van der Waals surface area contributed by atoms with Crippen LogP contribution in [0.25, 0.3) is 0 Å². The van der Waals surface area contributed by atoms with Crippen LogP contribution in [0.15, 0.2) is 0 Å². The first-order valence-corrected chi connectivity index (χ1v) is 0. The zero-order valence-corrected chi connectivity index (χ0v) is 7.31. The van der Waals surface area contributed by atoms with Gasteiger partial charge in [0.05, 0.1) is 0 Å². The molecule has 0 atom stereocenters. The van der Waals surface area contributed by atoms with Crippen LogP contribution in [0.2, 0.25) is 0 Å². The molecule has 0 aromatic rings. The largest absolute Gasteiger partial charge is 2.00 e. The van der Waals surface area contributed by atoms with Crippen LogP contribution in [-0.4, -0.2) is 23.9 Å². The molecule has 0 nitrogen and oxygen atoms in total. The number of rotatable bonds is 0. The Hall–Kier alpha value is 1.91. The number of hydrogen-bond acceptors (Lipinski definition) is 0. The van der Waals surface area contributed by atoms with Crippen molar-refractivity contribution in [3.63, 3.8) is 0 Å². The van der Waals surface area contributed by atoms with Crippen molar-refractivity contribution in [2.75, 3.05) is 0 Å².